The van der Waals surface area contributed by atoms with E-state index in [9.17, 15) is 10.1 Å². The second kappa shape index (κ2) is 6.75. The quantitative estimate of drug-likeness (QED) is 0.482. The normalized spacial score (nSPS) is 10.8. The molecule has 1 aromatic carbocycles. The number of nitro groups is 1. The number of benzene rings is 1. The van der Waals surface area contributed by atoms with Gasteiger partial charge in [0, 0.05) is 12.4 Å². The van der Waals surface area contributed by atoms with Crippen LogP contribution in [-0.2, 0) is 0 Å². The average Bonchev–Trinajstić information content (AvgIpc) is 3.15. The molecule has 0 radical (unpaired) electrons. The zero-order chi connectivity index (χ0) is 17.1. The Bertz CT molecular complexity index is 843. The summed E-state index contributed by atoms with van der Waals surface area (Å²) >= 11 is 1.36. The molecule has 0 unspecified atom stereocenters. The minimum Gasteiger partial charge on any atom is -0.497 e. The first kappa shape index (κ1) is 16.1. The number of aromatic nitrogens is 2. The summed E-state index contributed by atoms with van der Waals surface area (Å²) in [5.41, 5.74) is 0. The van der Waals surface area contributed by atoms with Crippen molar-refractivity contribution in [2.24, 2.45) is 0 Å². The third-order valence-corrected chi connectivity index (χ3v) is 4.27. The van der Waals surface area contributed by atoms with Gasteiger partial charge in [-0.25, -0.2) is 0 Å². The first-order valence-electron chi connectivity index (χ1n) is 7.18. The average molecular weight is 348 g/mol. The molecular formula is C15H16N4O4S. The highest BCUT2D eigenvalue weighted by atomic mass is 32.1. The molecule has 0 aliphatic carbocycles. The Morgan fingerprint density at radius 1 is 1.33 bits per heavy atom. The zero-order valence-corrected chi connectivity index (χ0v) is 14.0. The molecule has 0 amide bonds. The van der Waals surface area contributed by atoms with Gasteiger partial charge in [0.05, 0.1) is 13.7 Å². The van der Waals surface area contributed by atoms with Crippen LogP contribution in [0.5, 0.6) is 11.5 Å². The van der Waals surface area contributed by atoms with Crippen LogP contribution in [0.1, 0.15) is 0 Å². The molecule has 0 aliphatic rings. The summed E-state index contributed by atoms with van der Waals surface area (Å²) in [6.07, 6.45) is 1.65. The fourth-order valence-electron chi connectivity index (χ4n) is 2.27. The maximum atomic E-state index is 11.3. The van der Waals surface area contributed by atoms with E-state index in [1.165, 1.54) is 15.7 Å². The van der Waals surface area contributed by atoms with Crippen LogP contribution in [0.2, 0.25) is 0 Å². The van der Waals surface area contributed by atoms with Crippen molar-refractivity contribution in [1.82, 2.24) is 9.38 Å². The number of anilines is 1. The van der Waals surface area contributed by atoms with E-state index in [0.29, 0.717) is 29.7 Å². The summed E-state index contributed by atoms with van der Waals surface area (Å²) in [7, 11) is 3.37. The number of hydrogen-bond donors (Lipinski definition) is 0. The molecule has 2 aromatic heterocycles. The standard InChI is InChI=1S/C15H16N4O4S/c1-17(7-9-23-12-5-3-11(22-2)4-6-12)13-14(19(20)21)18-8-10-24-15(18)16-13/h3-6,8,10H,7,9H2,1-2H3. The van der Waals surface area contributed by atoms with Crippen LogP contribution < -0.4 is 14.4 Å². The number of imidazole rings is 1. The monoisotopic (exact) mass is 348 g/mol. The van der Waals surface area contributed by atoms with Gasteiger partial charge in [-0.3, -0.25) is 0 Å². The molecule has 2 heterocycles. The highest BCUT2D eigenvalue weighted by Gasteiger charge is 2.26. The van der Waals surface area contributed by atoms with Gasteiger partial charge in [-0.15, -0.1) is 0 Å². The summed E-state index contributed by atoms with van der Waals surface area (Å²) in [6.45, 7) is 0.850. The van der Waals surface area contributed by atoms with Crippen LogP contribution in [0.4, 0.5) is 11.6 Å². The molecule has 0 N–H and O–H groups in total. The smallest absolute Gasteiger partial charge is 0.373 e. The van der Waals surface area contributed by atoms with E-state index in [1.54, 1.807) is 30.6 Å². The van der Waals surface area contributed by atoms with E-state index in [-0.39, 0.29) is 5.82 Å². The first-order chi connectivity index (χ1) is 11.6. The van der Waals surface area contributed by atoms with Gasteiger partial charge in [0.15, 0.2) is 0 Å². The Kier molecular flexibility index (Phi) is 4.52. The van der Waals surface area contributed by atoms with E-state index in [0.717, 1.165) is 5.75 Å². The van der Waals surface area contributed by atoms with Crippen molar-refractivity contribution in [2.45, 2.75) is 0 Å². The number of fused-ring (bicyclic) bond motifs is 1. The fourth-order valence-corrected chi connectivity index (χ4v) is 2.97. The lowest BCUT2D eigenvalue weighted by Crippen LogP contribution is -2.24. The lowest BCUT2D eigenvalue weighted by molar-refractivity contribution is -0.389. The number of thiazole rings is 1. The van der Waals surface area contributed by atoms with Crippen molar-refractivity contribution in [3.05, 3.63) is 46.0 Å². The van der Waals surface area contributed by atoms with Crippen molar-refractivity contribution in [2.75, 3.05) is 32.2 Å². The summed E-state index contributed by atoms with van der Waals surface area (Å²) in [6, 6.07) is 7.25. The second-order valence-corrected chi connectivity index (χ2v) is 5.89. The second-order valence-electron chi connectivity index (χ2n) is 5.02. The Hall–Kier alpha value is -2.81. The summed E-state index contributed by atoms with van der Waals surface area (Å²) in [4.78, 5) is 17.6. The van der Waals surface area contributed by atoms with Gasteiger partial charge in [0.2, 0.25) is 5.82 Å². The van der Waals surface area contributed by atoms with Crippen LogP contribution in [0, 0.1) is 10.1 Å². The Labute approximate surface area is 142 Å². The van der Waals surface area contributed by atoms with Gasteiger partial charge in [-0.2, -0.15) is 9.38 Å². The van der Waals surface area contributed by atoms with Crippen molar-refractivity contribution >= 4 is 27.9 Å². The van der Waals surface area contributed by atoms with E-state index in [1.807, 2.05) is 24.3 Å². The molecule has 0 bridgehead atoms. The van der Waals surface area contributed by atoms with Crippen LogP contribution in [0.25, 0.3) is 4.96 Å². The van der Waals surface area contributed by atoms with E-state index in [4.69, 9.17) is 9.47 Å². The Morgan fingerprint density at radius 3 is 2.71 bits per heavy atom. The minimum atomic E-state index is -0.414. The predicted octanol–water partition coefficient (Wildman–Crippen LogP) is 2.83. The van der Waals surface area contributed by atoms with Gasteiger partial charge in [0.25, 0.3) is 4.96 Å². The molecule has 126 valence electrons. The van der Waals surface area contributed by atoms with Gasteiger partial charge in [-0.05, 0) is 29.2 Å². The molecule has 0 saturated carbocycles. The number of methoxy groups -OCH3 is 1. The van der Waals surface area contributed by atoms with Gasteiger partial charge in [0.1, 0.15) is 24.3 Å². The fraction of sp³-hybridized carbons (Fsp3) is 0.267. The first-order valence-corrected chi connectivity index (χ1v) is 8.06. The van der Waals surface area contributed by atoms with Crippen LogP contribution in [0.15, 0.2) is 35.8 Å². The van der Waals surface area contributed by atoms with Crippen LogP contribution in [0.3, 0.4) is 0 Å². The largest absolute Gasteiger partial charge is 0.497 e. The minimum absolute atomic E-state index is 0.0294. The molecule has 0 fully saturated rings. The number of likely N-dealkylation sites (N-methyl/N-ethyl adjacent to an activating group) is 1. The Morgan fingerprint density at radius 2 is 2.04 bits per heavy atom. The Balaban J connectivity index is 1.66. The summed E-state index contributed by atoms with van der Waals surface area (Å²) in [5, 5.41) is 13.1. The molecule has 0 aliphatic heterocycles. The number of nitrogens with zero attached hydrogens (tertiary/aromatic N) is 4. The van der Waals surface area contributed by atoms with E-state index in [2.05, 4.69) is 4.98 Å². The lowest BCUT2D eigenvalue weighted by atomic mass is 10.3. The third kappa shape index (κ3) is 3.11. The van der Waals surface area contributed by atoms with Crippen molar-refractivity contribution < 1.29 is 14.4 Å². The molecule has 24 heavy (non-hydrogen) atoms. The van der Waals surface area contributed by atoms with Gasteiger partial charge >= 0.3 is 5.82 Å². The van der Waals surface area contributed by atoms with Crippen LogP contribution >= 0.6 is 11.3 Å². The topological polar surface area (TPSA) is 82.1 Å². The van der Waals surface area contributed by atoms with Gasteiger partial charge < -0.3 is 24.5 Å². The van der Waals surface area contributed by atoms with Gasteiger partial charge in [-0.1, -0.05) is 11.3 Å². The third-order valence-electron chi connectivity index (χ3n) is 3.51. The molecule has 3 rings (SSSR count). The molecule has 8 nitrogen and oxygen atoms in total. The van der Waals surface area contributed by atoms with Crippen molar-refractivity contribution in [3.8, 4) is 11.5 Å². The molecule has 3 aromatic rings. The van der Waals surface area contributed by atoms with E-state index < -0.39 is 4.92 Å². The molecular weight excluding hydrogens is 332 g/mol. The highest BCUT2D eigenvalue weighted by molar-refractivity contribution is 7.15. The number of hydrogen-bond acceptors (Lipinski definition) is 7. The lowest BCUT2D eigenvalue weighted by Gasteiger charge is -2.16. The summed E-state index contributed by atoms with van der Waals surface area (Å²) < 4.78 is 12.2. The SMILES string of the molecule is COc1ccc(OCCN(C)c2nc3sccn3c2[N+](=O)[O-])cc1. The number of rotatable bonds is 7. The number of ether oxygens (including phenoxy) is 2. The molecule has 0 atom stereocenters. The van der Waals surface area contributed by atoms with Crippen LogP contribution in [-0.4, -0.2) is 41.6 Å². The van der Waals surface area contributed by atoms with Crippen molar-refractivity contribution in [3.63, 3.8) is 0 Å². The van der Waals surface area contributed by atoms with E-state index >= 15 is 0 Å². The molecule has 0 spiro atoms. The van der Waals surface area contributed by atoms with Crippen molar-refractivity contribution in [1.29, 1.82) is 0 Å². The zero-order valence-electron chi connectivity index (χ0n) is 13.2. The summed E-state index contributed by atoms with van der Waals surface area (Å²) in [5.74, 6) is 1.78. The highest BCUT2D eigenvalue weighted by Crippen LogP contribution is 2.30. The molecule has 9 heteroatoms. The molecule has 0 saturated heterocycles. The maximum absolute atomic E-state index is 11.3. The maximum Gasteiger partial charge on any atom is 0.373 e. The predicted molar refractivity (Wildman–Crippen MR) is 91.5 cm³/mol.